The predicted octanol–water partition coefficient (Wildman–Crippen LogP) is 6.06. The molecule has 0 bridgehead atoms. The summed E-state index contributed by atoms with van der Waals surface area (Å²) in [5.41, 5.74) is 4.62. The Hall–Kier alpha value is -5.04. The number of aromatic amines is 1. The van der Waals surface area contributed by atoms with Gasteiger partial charge >= 0.3 is 5.76 Å². The van der Waals surface area contributed by atoms with Gasteiger partial charge in [0.15, 0.2) is 17.5 Å². The van der Waals surface area contributed by atoms with Gasteiger partial charge in [-0.05, 0) is 91.6 Å². The van der Waals surface area contributed by atoms with E-state index >= 15 is 0 Å². The lowest BCUT2D eigenvalue weighted by Gasteiger charge is -2.16. The zero-order valence-electron chi connectivity index (χ0n) is 24.7. The molecule has 9 nitrogen and oxygen atoms in total. The highest BCUT2D eigenvalue weighted by molar-refractivity contribution is 7.17. The molecular weight excluding hydrogens is 631 g/mol. The minimum Gasteiger partial charge on any atom is -0.345 e. The topological polar surface area (TPSA) is 121 Å². The van der Waals surface area contributed by atoms with Gasteiger partial charge in [-0.2, -0.15) is 0 Å². The third-order valence-electron chi connectivity index (χ3n) is 9.23. The average molecular weight is 658 g/mol. The fourth-order valence-corrected chi connectivity index (χ4v) is 8.02. The lowest BCUT2D eigenvalue weighted by atomic mass is 9.93. The van der Waals surface area contributed by atoms with E-state index in [1.165, 1.54) is 18.2 Å². The van der Waals surface area contributed by atoms with Crippen molar-refractivity contribution >= 4 is 23.2 Å². The number of amides is 2. The number of H-pyrrole nitrogens is 1. The van der Waals surface area contributed by atoms with E-state index in [1.54, 1.807) is 29.2 Å². The van der Waals surface area contributed by atoms with Gasteiger partial charge in [0.1, 0.15) is 5.82 Å². The fourth-order valence-electron chi connectivity index (χ4n) is 7.06. The van der Waals surface area contributed by atoms with Crippen LogP contribution in [0, 0.1) is 17.5 Å². The largest absolute Gasteiger partial charge is 0.439 e. The van der Waals surface area contributed by atoms with E-state index in [0.29, 0.717) is 81.2 Å². The lowest BCUT2D eigenvalue weighted by molar-refractivity contribution is 0.0776. The van der Waals surface area contributed by atoms with Crippen LogP contribution in [-0.4, -0.2) is 38.4 Å². The lowest BCUT2D eigenvalue weighted by Crippen LogP contribution is -2.26. The molecule has 0 saturated carbocycles. The van der Waals surface area contributed by atoms with E-state index in [9.17, 15) is 27.6 Å². The number of thiophene rings is 1. The second kappa shape index (κ2) is 11.3. The predicted molar refractivity (Wildman–Crippen MR) is 165 cm³/mol. The molecule has 5 aromatic rings. The summed E-state index contributed by atoms with van der Waals surface area (Å²) >= 11 is 1.16. The number of aromatic nitrogens is 3. The number of hydrogen-bond donors (Lipinski definition) is 2. The van der Waals surface area contributed by atoms with Crippen molar-refractivity contribution in [2.24, 2.45) is 0 Å². The Morgan fingerprint density at radius 3 is 2.60 bits per heavy atom. The SMILES string of the molecule is O=C(N[C@@H]1CCc2cc(F)c(F)cc21)c1ccc(-c2c3c(nc(CCc4ccc(F)cc4)c2-c2noc(=O)[nH]2)[C@@H]2CCCN2C3=O)s1. The summed E-state index contributed by atoms with van der Waals surface area (Å²) in [5, 5.41) is 6.93. The molecule has 8 rings (SSSR count). The van der Waals surface area contributed by atoms with Crippen molar-refractivity contribution in [1.29, 1.82) is 0 Å². The normalized spacial score (nSPS) is 18.0. The van der Waals surface area contributed by atoms with Gasteiger partial charge < -0.3 is 10.2 Å². The molecule has 2 atom stereocenters. The highest BCUT2D eigenvalue weighted by Crippen LogP contribution is 2.48. The average Bonchev–Trinajstić information content (AvgIpc) is 3.89. The number of rotatable bonds is 7. The van der Waals surface area contributed by atoms with Crippen molar-refractivity contribution in [2.45, 2.75) is 50.6 Å². The summed E-state index contributed by atoms with van der Waals surface area (Å²) in [5.74, 6) is -3.47. The van der Waals surface area contributed by atoms with E-state index in [0.717, 1.165) is 35.8 Å². The molecule has 2 aliphatic heterocycles. The van der Waals surface area contributed by atoms with Crippen molar-refractivity contribution in [1.82, 2.24) is 25.3 Å². The third-order valence-corrected chi connectivity index (χ3v) is 10.3. The molecule has 2 amide bonds. The van der Waals surface area contributed by atoms with Crippen LogP contribution in [0.3, 0.4) is 0 Å². The fraction of sp³-hybridized carbons (Fsp3) is 0.265. The Bertz CT molecular complexity index is 2140. The van der Waals surface area contributed by atoms with Gasteiger partial charge in [-0.15, -0.1) is 11.3 Å². The first-order valence-electron chi connectivity index (χ1n) is 15.3. The Morgan fingerprint density at radius 2 is 1.81 bits per heavy atom. The maximum Gasteiger partial charge on any atom is 0.439 e. The molecule has 0 unspecified atom stereocenters. The summed E-state index contributed by atoms with van der Waals surface area (Å²) in [7, 11) is 0. The van der Waals surface area contributed by atoms with Crippen molar-refractivity contribution in [3.8, 4) is 21.8 Å². The molecule has 2 N–H and O–H groups in total. The number of halogens is 3. The molecule has 1 aliphatic carbocycles. The molecule has 5 heterocycles. The van der Waals surface area contributed by atoms with Gasteiger partial charge in [0, 0.05) is 17.0 Å². The van der Waals surface area contributed by atoms with Crippen molar-refractivity contribution in [3.05, 3.63) is 115 Å². The molecule has 0 radical (unpaired) electrons. The number of fused-ring (bicyclic) bond motifs is 4. The zero-order chi connectivity index (χ0) is 32.4. The minimum absolute atomic E-state index is 0.102. The summed E-state index contributed by atoms with van der Waals surface area (Å²) < 4.78 is 46.3. The van der Waals surface area contributed by atoms with Crippen LogP contribution < -0.4 is 11.1 Å². The molecular formula is C34H26F3N5O4S. The van der Waals surface area contributed by atoms with Gasteiger partial charge in [-0.1, -0.05) is 17.3 Å². The number of carbonyl (C=O) groups is 2. The molecule has 238 valence electrons. The highest BCUT2D eigenvalue weighted by atomic mass is 32.1. The number of hydrogen-bond acceptors (Lipinski definition) is 7. The minimum atomic E-state index is -0.964. The van der Waals surface area contributed by atoms with Crippen molar-refractivity contribution in [2.75, 3.05) is 6.54 Å². The van der Waals surface area contributed by atoms with Crippen LogP contribution in [0.25, 0.3) is 21.8 Å². The third kappa shape index (κ3) is 5.05. The summed E-state index contributed by atoms with van der Waals surface area (Å²) in [6, 6.07) is 11.2. The Morgan fingerprint density at radius 1 is 1.00 bits per heavy atom. The molecule has 3 aromatic heterocycles. The van der Waals surface area contributed by atoms with Crippen LogP contribution in [0.4, 0.5) is 13.2 Å². The van der Waals surface area contributed by atoms with Crippen LogP contribution in [0.2, 0.25) is 0 Å². The molecule has 1 fully saturated rings. The second-order valence-electron chi connectivity index (χ2n) is 12.0. The molecule has 1 saturated heterocycles. The number of nitrogens with one attached hydrogen (secondary N) is 2. The Kier molecular flexibility index (Phi) is 7.08. The zero-order valence-corrected chi connectivity index (χ0v) is 25.6. The first-order chi connectivity index (χ1) is 22.7. The van der Waals surface area contributed by atoms with Crippen LogP contribution in [0.5, 0.6) is 0 Å². The van der Waals surface area contributed by atoms with Crippen LogP contribution in [0.15, 0.2) is 57.8 Å². The van der Waals surface area contributed by atoms with Gasteiger partial charge in [0.25, 0.3) is 11.8 Å². The molecule has 3 aliphatic rings. The number of pyridine rings is 1. The molecule has 2 aromatic carbocycles. The highest BCUT2D eigenvalue weighted by Gasteiger charge is 2.44. The summed E-state index contributed by atoms with van der Waals surface area (Å²) in [6.07, 6.45) is 3.50. The van der Waals surface area contributed by atoms with E-state index in [1.807, 2.05) is 0 Å². The summed E-state index contributed by atoms with van der Waals surface area (Å²) in [4.78, 5) is 50.0. The first kappa shape index (κ1) is 29.4. The number of benzene rings is 2. The van der Waals surface area contributed by atoms with E-state index in [4.69, 9.17) is 9.51 Å². The van der Waals surface area contributed by atoms with E-state index in [-0.39, 0.29) is 23.6 Å². The second-order valence-corrected chi connectivity index (χ2v) is 13.1. The first-order valence-corrected chi connectivity index (χ1v) is 16.1. The Labute approximate surface area is 269 Å². The van der Waals surface area contributed by atoms with Crippen LogP contribution >= 0.6 is 11.3 Å². The summed E-state index contributed by atoms with van der Waals surface area (Å²) in [6.45, 7) is 0.589. The molecule has 0 spiro atoms. The van der Waals surface area contributed by atoms with Crippen molar-refractivity contribution in [3.63, 3.8) is 0 Å². The standard InChI is InChI=1S/C34H26F3N5O4S/c35-18-7-3-16(4-8-18)5-9-23-27(31-40-34(45)46-41-31)28(29-30(38-23)24-2-1-13-42(24)33(29)44)25-11-12-26(47-25)32(43)39-22-10-6-17-14-20(36)21(37)15-19(17)22/h3-4,7-8,11-12,14-15,22,24H,1-2,5-6,9-10,13H2,(H,39,43)(H,40,41,45)/t22-,24+/m1/s1. The number of carbonyl (C=O) groups excluding carboxylic acids is 2. The van der Waals surface area contributed by atoms with Crippen LogP contribution in [-0.2, 0) is 19.3 Å². The quantitative estimate of drug-likeness (QED) is 0.220. The Balaban J connectivity index is 1.21. The maximum absolute atomic E-state index is 14.0. The molecule has 13 heteroatoms. The van der Waals surface area contributed by atoms with Gasteiger partial charge in [0.2, 0.25) is 0 Å². The van der Waals surface area contributed by atoms with E-state index in [2.05, 4.69) is 15.5 Å². The van der Waals surface area contributed by atoms with Gasteiger partial charge in [0.05, 0.1) is 39.5 Å². The van der Waals surface area contributed by atoms with Crippen LogP contribution in [0.1, 0.15) is 79.5 Å². The molecule has 47 heavy (non-hydrogen) atoms. The number of aryl methyl sites for hydroxylation is 3. The smallest absolute Gasteiger partial charge is 0.345 e. The number of nitrogens with zero attached hydrogens (tertiary/aromatic N) is 3. The van der Waals surface area contributed by atoms with Gasteiger partial charge in [-0.25, -0.2) is 18.0 Å². The monoisotopic (exact) mass is 657 g/mol. The maximum atomic E-state index is 14.0. The van der Waals surface area contributed by atoms with Crippen molar-refractivity contribution < 1.29 is 27.3 Å². The van der Waals surface area contributed by atoms with E-state index < -0.39 is 29.3 Å². The van der Waals surface area contributed by atoms with Gasteiger partial charge in [-0.3, -0.25) is 24.1 Å².